The molecule has 0 bridgehead atoms. The van der Waals surface area contributed by atoms with Gasteiger partial charge in [0.05, 0.1) is 5.69 Å². The van der Waals surface area contributed by atoms with Gasteiger partial charge in [-0.15, -0.1) is 0 Å². The number of nitrogens with zero attached hydrogens (tertiary/aromatic N) is 4. The minimum atomic E-state index is -0.452. The first-order valence-corrected chi connectivity index (χ1v) is 17.8. The molecule has 4 heterocycles. The number of benzene rings is 1. The lowest BCUT2D eigenvalue weighted by atomic mass is 9.78. The number of carbonyl (C=O) groups excluding carboxylic acids is 4. The molecule has 47 heavy (non-hydrogen) atoms. The summed E-state index contributed by atoms with van der Waals surface area (Å²) in [6.07, 6.45) is 6.66. The van der Waals surface area contributed by atoms with E-state index in [0.29, 0.717) is 29.8 Å². The molecular weight excluding hydrogens is 598 g/mol. The van der Waals surface area contributed by atoms with Crippen LogP contribution < -0.4 is 15.0 Å². The van der Waals surface area contributed by atoms with Crippen LogP contribution in [0.5, 0.6) is 5.75 Å². The van der Waals surface area contributed by atoms with Gasteiger partial charge in [-0.05, 0) is 109 Å². The molecular formula is C36H57N5O6. The first kappa shape index (κ1) is 36.5. The lowest BCUT2D eigenvalue weighted by Crippen LogP contribution is -2.49. The highest BCUT2D eigenvalue weighted by Crippen LogP contribution is 2.34. The molecule has 11 heteroatoms. The smallest absolute Gasteiger partial charge is 0.410 e. The van der Waals surface area contributed by atoms with Crippen molar-refractivity contribution in [3.63, 3.8) is 0 Å². The normalized spacial score (nSPS) is 20.8. The van der Waals surface area contributed by atoms with Gasteiger partial charge in [0, 0.05) is 51.8 Å². The summed E-state index contributed by atoms with van der Waals surface area (Å²) in [5, 5.41) is 2.35. The van der Waals surface area contributed by atoms with Crippen LogP contribution in [-0.4, -0.2) is 103 Å². The van der Waals surface area contributed by atoms with E-state index in [2.05, 4.69) is 10.2 Å². The van der Waals surface area contributed by atoms with E-state index >= 15 is 0 Å². The van der Waals surface area contributed by atoms with E-state index in [9.17, 15) is 19.2 Å². The molecule has 11 nitrogen and oxygen atoms in total. The number of urea groups is 1. The summed E-state index contributed by atoms with van der Waals surface area (Å²) in [4.78, 5) is 57.2. The topological polar surface area (TPSA) is 112 Å². The van der Waals surface area contributed by atoms with Crippen molar-refractivity contribution in [3.05, 3.63) is 23.8 Å². The Morgan fingerprint density at radius 1 is 0.851 bits per heavy atom. The molecule has 4 fully saturated rings. The molecule has 0 atom stereocenters. The SMILES string of the molecule is CC.Cc1ccc(OCC(=O)N2CCC(C3CCN(CC4CCN(C(=O)OC(C)(C)C)CC4)CC3)CC2)cc1N1CCC(=O)NC1=O. The van der Waals surface area contributed by atoms with Gasteiger partial charge in [0.15, 0.2) is 6.61 Å². The van der Waals surface area contributed by atoms with Crippen molar-refractivity contribution in [1.29, 1.82) is 0 Å². The summed E-state index contributed by atoms with van der Waals surface area (Å²) in [7, 11) is 0. The van der Waals surface area contributed by atoms with Gasteiger partial charge in [-0.2, -0.15) is 0 Å². The monoisotopic (exact) mass is 655 g/mol. The average molecular weight is 656 g/mol. The van der Waals surface area contributed by atoms with Gasteiger partial charge in [-0.3, -0.25) is 19.8 Å². The van der Waals surface area contributed by atoms with Crippen LogP contribution in [0.4, 0.5) is 15.3 Å². The van der Waals surface area contributed by atoms with Crippen LogP contribution in [0, 0.1) is 24.7 Å². The van der Waals surface area contributed by atoms with E-state index in [1.54, 1.807) is 6.07 Å². The maximum atomic E-state index is 13.0. The van der Waals surface area contributed by atoms with Crippen molar-refractivity contribution < 1.29 is 28.7 Å². The Bertz CT molecular complexity index is 1220. The standard InChI is InChI=1S/C34H51N5O6.C2H6/c1-24-5-6-28(21-29(24)39-20-13-30(40)35-32(39)42)44-23-31(41)37-18-11-27(12-19-37)26-9-14-36(15-10-26)22-25-7-16-38(17-8-25)33(43)45-34(2,3)4;1-2/h5-6,21,25-27H,7-20,22-23H2,1-4H3,(H,35,40,42);1-2H3. The molecule has 0 aromatic heterocycles. The summed E-state index contributed by atoms with van der Waals surface area (Å²) in [5.41, 5.74) is 1.12. The highest BCUT2D eigenvalue weighted by Gasteiger charge is 2.33. The Hall–Kier alpha value is -3.34. The lowest BCUT2D eigenvalue weighted by molar-refractivity contribution is -0.135. The number of anilines is 1. The second-order valence-corrected chi connectivity index (χ2v) is 14.3. The number of rotatable bonds is 7. The van der Waals surface area contributed by atoms with Gasteiger partial charge in [0.25, 0.3) is 5.91 Å². The quantitative estimate of drug-likeness (QED) is 0.416. The number of piperidine rings is 3. The van der Waals surface area contributed by atoms with Crippen molar-refractivity contribution in [3.8, 4) is 5.75 Å². The predicted octanol–water partition coefficient (Wildman–Crippen LogP) is 5.44. The molecule has 4 aliphatic heterocycles. The summed E-state index contributed by atoms with van der Waals surface area (Å²) in [6, 6.07) is 5.01. The molecule has 0 saturated carbocycles. The molecule has 262 valence electrons. The maximum Gasteiger partial charge on any atom is 0.410 e. The average Bonchev–Trinajstić information content (AvgIpc) is 3.05. The molecule has 0 radical (unpaired) electrons. The van der Waals surface area contributed by atoms with Crippen LogP contribution >= 0.6 is 0 Å². The third kappa shape index (κ3) is 10.3. The Morgan fingerprint density at radius 2 is 1.45 bits per heavy atom. The van der Waals surface area contributed by atoms with E-state index in [0.717, 1.165) is 83.0 Å². The van der Waals surface area contributed by atoms with Gasteiger partial charge in [0.2, 0.25) is 5.91 Å². The fraction of sp³-hybridized carbons (Fsp3) is 0.722. The molecule has 0 unspecified atom stereocenters. The number of aryl methyl sites for hydroxylation is 1. The van der Waals surface area contributed by atoms with E-state index in [1.165, 1.54) is 17.7 Å². The number of amides is 5. The summed E-state index contributed by atoms with van der Waals surface area (Å²) >= 11 is 0. The number of carbonyl (C=O) groups is 4. The third-order valence-corrected chi connectivity index (χ3v) is 9.86. The first-order chi connectivity index (χ1) is 22.4. The van der Waals surface area contributed by atoms with E-state index in [1.807, 2.05) is 63.5 Å². The minimum absolute atomic E-state index is 0.00979. The molecule has 0 spiro atoms. The molecule has 5 amide bonds. The third-order valence-electron chi connectivity index (χ3n) is 9.86. The second-order valence-electron chi connectivity index (χ2n) is 14.3. The Kier molecular flexibility index (Phi) is 12.9. The number of nitrogens with one attached hydrogen (secondary N) is 1. The zero-order valence-electron chi connectivity index (χ0n) is 29.5. The van der Waals surface area contributed by atoms with Crippen LogP contribution in [0.3, 0.4) is 0 Å². The first-order valence-electron chi connectivity index (χ1n) is 17.8. The van der Waals surface area contributed by atoms with Crippen molar-refractivity contribution >= 4 is 29.6 Å². The molecule has 4 aliphatic rings. The van der Waals surface area contributed by atoms with Crippen molar-refractivity contribution in [2.45, 2.75) is 92.1 Å². The van der Waals surface area contributed by atoms with Gasteiger partial charge >= 0.3 is 12.1 Å². The van der Waals surface area contributed by atoms with Gasteiger partial charge in [0.1, 0.15) is 11.4 Å². The molecule has 4 saturated heterocycles. The van der Waals surface area contributed by atoms with Crippen molar-refractivity contribution in [2.75, 3.05) is 63.9 Å². The second kappa shape index (κ2) is 16.7. The highest BCUT2D eigenvalue weighted by atomic mass is 16.6. The molecule has 0 aliphatic carbocycles. The van der Waals surface area contributed by atoms with Crippen molar-refractivity contribution in [2.24, 2.45) is 17.8 Å². The van der Waals surface area contributed by atoms with Gasteiger partial charge in [-0.25, -0.2) is 9.59 Å². The summed E-state index contributed by atoms with van der Waals surface area (Å²) in [6.45, 7) is 18.4. The Morgan fingerprint density at radius 3 is 2.04 bits per heavy atom. The minimum Gasteiger partial charge on any atom is -0.484 e. The van der Waals surface area contributed by atoms with E-state index in [4.69, 9.17) is 9.47 Å². The lowest BCUT2D eigenvalue weighted by Gasteiger charge is -2.41. The zero-order valence-corrected chi connectivity index (χ0v) is 29.5. The Balaban J connectivity index is 0.00000245. The van der Waals surface area contributed by atoms with Gasteiger partial charge < -0.3 is 24.2 Å². The number of imide groups is 1. The van der Waals surface area contributed by atoms with E-state index < -0.39 is 11.6 Å². The van der Waals surface area contributed by atoms with Crippen LogP contribution in [0.15, 0.2) is 18.2 Å². The zero-order chi connectivity index (χ0) is 34.1. The van der Waals surface area contributed by atoms with Crippen LogP contribution in [0.2, 0.25) is 0 Å². The summed E-state index contributed by atoms with van der Waals surface area (Å²) < 4.78 is 11.4. The number of likely N-dealkylation sites (tertiary alicyclic amines) is 3. The largest absolute Gasteiger partial charge is 0.484 e. The van der Waals surface area contributed by atoms with Gasteiger partial charge in [-0.1, -0.05) is 19.9 Å². The molecule has 1 N–H and O–H groups in total. The van der Waals surface area contributed by atoms with Crippen molar-refractivity contribution in [1.82, 2.24) is 20.0 Å². The molecule has 5 rings (SSSR count). The number of hydrogen-bond donors (Lipinski definition) is 1. The van der Waals surface area contributed by atoms with Crippen LogP contribution in [0.1, 0.15) is 85.1 Å². The van der Waals surface area contributed by atoms with E-state index in [-0.39, 0.29) is 30.9 Å². The Labute approximate surface area is 281 Å². The highest BCUT2D eigenvalue weighted by molar-refractivity contribution is 6.06. The maximum absolute atomic E-state index is 13.0. The molecule has 1 aromatic rings. The van der Waals surface area contributed by atoms with Crippen LogP contribution in [0.25, 0.3) is 0 Å². The predicted molar refractivity (Wildman–Crippen MR) is 183 cm³/mol. The summed E-state index contributed by atoms with van der Waals surface area (Å²) in [5.74, 6) is 2.27. The van der Waals surface area contributed by atoms with Crippen LogP contribution in [-0.2, 0) is 14.3 Å². The molecule has 1 aromatic carbocycles. The number of hydrogen-bond acceptors (Lipinski definition) is 7. The fourth-order valence-corrected chi connectivity index (χ4v) is 7.22. The number of ether oxygens (including phenoxy) is 2. The fourth-order valence-electron chi connectivity index (χ4n) is 7.22.